The highest BCUT2D eigenvalue weighted by molar-refractivity contribution is 5.96. The molecule has 0 aliphatic carbocycles. The second-order valence-electron chi connectivity index (χ2n) is 5.28. The number of rotatable bonds is 6. The van der Waals surface area contributed by atoms with Crippen molar-refractivity contribution in [2.75, 3.05) is 19.0 Å². The summed E-state index contributed by atoms with van der Waals surface area (Å²) in [6, 6.07) is 6.35. The third-order valence-corrected chi connectivity index (χ3v) is 3.37. The molecule has 0 radical (unpaired) electrons. The number of hydrogen-bond acceptors (Lipinski definition) is 6. The molecule has 1 N–H and O–H groups in total. The minimum atomic E-state index is -0.832. The van der Waals surface area contributed by atoms with Gasteiger partial charge >= 0.3 is 5.97 Å². The standard InChI is InChI=1S/C16H17N3O6/c1-10-4-5-14(24-3)12(6-10)17-15(20)9-25-16(21)13-7-11(19(22)23)8-18(13)2/h4-8H,9H2,1-3H3,(H,17,20). The van der Waals surface area contributed by atoms with Crippen molar-refractivity contribution < 1.29 is 24.0 Å². The Labute approximate surface area is 143 Å². The molecular formula is C16H17N3O6. The molecule has 25 heavy (non-hydrogen) atoms. The van der Waals surface area contributed by atoms with Gasteiger partial charge in [0.2, 0.25) is 0 Å². The molecule has 0 spiro atoms. The van der Waals surface area contributed by atoms with E-state index in [0.29, 0.717) is 11.4 Å². The lowest BCUT2D eigenvalue weighted by atomic mass is 10.2. The van der Waals surface area contributed by atoms with Crippen molar-refractivity contribution in [1.82, 2.24) is 4.57 Å². The Kier molecular flexibility index (Phi) is 5.38. The van der Waals surface area contributed by atoms with Gasteiger partial charge in [-0.15, -0.1) is 0 Å². The lowest BCUT2D eigenvalue weighted by Gasteiger charge is -2.11. The summed E-state index contributed by atoms with van der Waals surface area (Å²) < 4.78 is 11.3. The van der Waals surface area contributed by atoms with Crippen LogP contribution in [0.1, 0.15) is 16.1 Å². The van der Waals surface area contributed by atoms with Gasteiger partial charge in [-0.25, -0.2) is 4.79 Å². The predicted octanol–water partition coefficient (Wildman–Crippen LogP) is 2.05. The van der Waals surface area contributed by atoms with Gasteiger partial charge in [0.15, 0.2) is 6.61 Å². The third kappa shape index (κ3) is 4.34. The summed E-state index contributed by atoms with van der Waals surface area (Å²) in [4.78, 5) is 34.0. The summed E-state index contributed by atoms with van der Waals surface area (Å²) in [5, 5.41) is 13.3. The first-order valence-corrected chi connectivity index (χ1v) is 7.24. The summed E-state index contributed by atoms with van der Waals surface area (Å²) >= 11 is 0. The Morgan fingerprint density at radius 3 is 2.64 bits per heavy atom. The highest BCUT2D eigenvalue weighted by atomic mass is 16.6. The van der Waals surface area contributed by atoms with Gasteiger partial charge < -0.3 is 19.4 Å². The number of anilines is 1. The SMILES string of the molecule is COc1ccc(C)cc1NC(=O)COC(=O)c1cc([N+](=O)[O-])cn1C. The van der Waals surface area contributed by atoms with Gasteiger partial charge in [-0.3, -0.25) is 14.9 Å². The molecule has 9 heteroatoms. The van der Waals surface area contributed by atoms with Gasteiger partial charge in [0.05, 0.1) is 23.9 Å². The maximum Gasteiger partial charge on any atom is 0.355 e. The van der Waals surface area contributed by atoms with Crippen molar-refractivity contribution in [2.24, 2.45) is 7.05 Å². The largest absolute Gasteiger partial charge is 0.495 e. The number of nitro groups is 1. The molecule has 1 aromatic carbocycles. The number of nitrogens with one attached hydrogen (secondary N) is 1. The fourth-order valence-corrected chi connectivity index (χ4v) is 2.16. The van der Waals surface area contributed by atoms with Gasteiger partial charge in [-0.2, -0.15) is 0 Å². The lowest BCUT2D eigenvalue weighted by Crippen LogP contribution is -2.22. The van der Waals surface area contributed by atoms with Gasteiger partial charge in [-0.05, 0) is 24.6 Å². The first kappa shape index (κ1) is 18.0. The summed E-state index contributed by atoms with van der Waals surface area (Å²) in [5.41, 5.74) is 1.12. The molecule has 0 saturated carbocycles. The molecule has 0 bridgehead atoms. The lowest BCUT2D eigenvalue weighted by molar-refractivity contribution is -0.384. The highest BCUT2D eigenvalue weighted by Gasteiger charge is 2.19. The molecule has 9 nitrogen and oxygen atoms in total. The zero-order valence-electron chi connectivity index (χ0n) is 13.9. The van der Waals surface area contributed by atoms with E-state index in [4.69, 9.17) is 9.47 Å². The molecule has 1 heterocycles. The average Bonchev–Trinajstić information content (AvgIpc) is 2.95. The summed E-state index contributed by atoms with van der Waals surface area (Å²) in [5.74, 6) is -0.911. The number of aromatic nitrogens is 1. The summed E-state index contributed by atoms with van der Waals surface area (Å²) in [7, 11) is 2.95. The Bertz CT molecular complexity index is 827. The number of benzene rings is 1. The van der Waals surface area contributed by atoms with E-state index in [1.165, 1.54) is 24.9 Å². The second-order valence-corrected chi connectivity index (χ2v) is 5.28. The average molecular weight is 347 g/mol. The number of ether oxygens (including phenoxy) is 2. The molecule has 132 valence electrons. The van der Waals surface area contributed by atoms with Crippen molar-refractivity contribution in [2.45, 2.75) is 6.92 Å². The van der Waals surface area contributed by atoms with Crippen LogP contribution >= 0.6 is 0 Å². The van der Waals surface area contributed by atoms with E-state index in [-0.39, 0.29) is 11.4 Å². The number of carbonyl (C=O) groups is 2. The summed E-state index contributed by atoms with van der Waals surface area (Å²) in [6.07, 6.45) is 1.19. The fourth-order valence-electron chi connectivity index (χ4n) is 2.16. The van der Waals surface area contributed by atoms with Gasteiger partial charge in [0.1, 0.15) is 11.4 Å². The van der Waals surface area contributed by atoms with Crippen LogP contribution in [0.4, 0.5) is 11.4 Å². The molecular weight excluding hydrogens is 330 g/mol. The van der Waals surface area contributed by atoms with Crippen molar-refractivity contribution >= 4 is 23.3 Å². The van der Waals surface area contributed by atoms with Crippen molar-refractivity contribution in [3.63, 3.8) is 0 Å². The first-order valence-electron chi connectivity index (χ1n) is 7.24. The molecule has 0 saturated heterocycles. The van der Waals surface area contributed by atoms with E-state index >= 15 is 0 Å². The minimum Gasteiger partial charge on any atom is -0.495 e. The number of esters is 1. The van der Waals surface area contributed by atoms with Crippen LogP contribution in [-0.2, 0) is 16.6 Å². The molecule has 0 aliphatic rings. The molecule has 0 fully saturated rings. The zero-order valence-corrected chi connectivity index (χ0v) is 13.9. The molecule has 1 aromatic heterocycles. The number of nitrogens with zero attached hydrogens (tertiary/aromatic N) is 2. The first-order chi connectivity index (χ1) is 11.8. The third-order valence-electron chi connectivity index (χ3n) is 3.37. The number of hydrogen-bond donors (Lipinski definition) is 1. The van der Waals surface area contributed by atoms with E-state index in [2.05, 4.69) is 5.32 Å². The zero-order chi connectivity index (χ0) is 18.6. The van der Waals surface area contributed by atoms with Crippen molar-refractivity contribution in [3.05, 3.63) is 51.8 Å². The van der Waals surface area contributed by atoms with Crippen molar-refractivity contribution in [3.8, 4) is 5.75 Å². The van der Waals surface area contributed by atoms with Crippen LogP contribution in [0.15, 0.2) is 30.5 Å². The van der Waals surface area contributed by atoms with E-state index in [1.807, 2.05) is 13.0 Å². The monoisotopic (exact) mass is 347 g/mol. The maximum atomic E-state index is 12.0. The van der Waals surface area contributed by atoms with Crippen LogP contribution in [0, 0.1) is 17.0 Å². The minimum absolute atomic E-state index is 0.0207. The Hall–Kier alpha value is -3.36. The van der Waals surface area contributed by atoms with Crippen LogP contribution < -0.4 is 10.1 Å². The number of carbonyl (C=O) groups excluding carboxylic acids is 2. The molecule has 0 aliphatic heterocycles. The van der Waals surface area contributed by atoms with E-state index in [9.17, 15) is 19.7 Å². The fraction of sp³-hybridized carbons (Fsp3) is 0.250. The maximum absolute atomic E-state index is 12.0. The van der Waals surface area contributed by atoms with Gasteiger partial charge in [0.25, 0.3) is 11.6 Å². The molecule has 2 aromatic rings. The molecule has 2 rings (SSSR count). The van der Waals surface area contributed by atoms with Crippen molar-refractivity contribution in [1.29, 1.82) is 0 Å². The number of amides is 1. The van der Waals surface area contributed by atoms with Crippen LogP contribution in [0.3, 0.4) is 0 Å². The van der Waals surface area contributed by atoms with Crippen LogP contribution in [0.2, 0.25) is 0 Å². The Morgan fingerprint density at radius 2 is 2.04 bits per heavy atom. The topological polar surface area (TPSA) is 113 Å². The van der Waals surface area contributed by atoms with Crippen LogP contribution in [-0.4, -0.2) is 35.1 Å². The quantitative estimate of drug-likeness (QED) is 0.486. The smallest absolute Gasteiger partial charge is 0.355 e. The summed E-state index contributed by atoms with van der Waals surface area (Å²) in [6.45, 7) is 1.33. The number of aryl methyl sites for hydroxylation is 2. The van der Waals surface area contributed by atoms with Crippen LogP contribution in [0.25, 0.3) is 0 Å². The Morgan fingerprint density at radius 1 is 1.32 bits per heavy atom. The highest BCUT2D eigenvalue weighted by Crippen LogP contribution is 2.25. The molecule has 1 amide bonds. The molecule has 0 atom stereocenters. The predicted molar refractivity (Wildman–Crippen MR) is 88.7 cm³/mol. The van der Waals surface area contributed by atoms with E-state index in [1.54, 1.807) is 12.1 Å². The number of methoxy groups -OCH3 is 1. The molecule has 0 unspecified atom stereocenters. The van der Waals surface area contributed by atoms with Crippen LogP contribution in [0.5, 0.6) is 5.75 Å². The van der Waals surface area contributed by atoms with E-state index < -0.39 is 23.4 Å². The van der Waals surface area contributed by atoms with E-state index in [0.717, 1.165) is 11.6 Å². The second kappa shape index (κ2) is 7.47. The normalized spacial score (nSPS) is 10.2. The Balaban J connectivity index is 1.99. The van der Waals surface area contributed by atoms with Gasteiger partial charge in [0, 0.05) is 13.1 Å². The van der Waals surface area contributed by atoms with Gasteiger partial charge in [-0.1, -0.05) is 6.07 Å².